The van der Waals surface area contributed by atoms with Crippen molar-refractivity contribution in [2.24, 2.45) is 17.6 Å². The zero-order chi connectivity index (χ0) is 13.2. The molecule has 3 nitrogen and oxygen atoms in total. The Morgan fingerprint density at radius 2 is 2.11 bits per heavy atom. The molecule has 3 heteroatoms. The SMILES string of the molecule is CCC1CC(CN)(N2CCC(C)C(C)C2)CCO1. The second-order valence-electron chi connectivity index (χ2n) is 6.47. The predicted molar refractivity (Wildman–Crippen MR) is 75.6 cm³/mol. The van der Waals surface area contributed by atoms with Crippen LogP contribution in [0.2, 0.25) is 0 Å². The fraction of sp³-hybridized carbons (Fsp3) is 1.00. The molecule has 2 aliphatic heterocycles. The first kappa shape index (κ1) is 14.3. The molecule has 0 saturated carbocycles. The zero-order valence-corrected chi connectivity index (χ0v) is 12.3. The molecule has 0 spiro atoms. The van der Waals surface area contributed by atoms with E-state index >= 15 is 0 Å². The summed E-state index contributed by atoms with van der Waals surface area (Å²) < 4.78 is 5.84. The Balaban J connectivity index is 2.07. The zero-order valence-electron chi connectivity index (χ0n) is 12.3. The molecule has 4 unspecified atom stereocenters. The minimum absolute atomic E-state index is 0.216. The van der Waals surface area contributed by atoms with Crippen molar-refractivity contribution in [2.45, 2.75) is 58.1 Å². The number of rotatable bonds is 3. The number of nitrogens with zero attached hydrogens (tertiary/aromatic N) is 1. The molecule has 2 N–H and O–H groups in total. The first-order chi connectivity index (χ1) is 8.61. The van der Waals surface area contributed by atoms with Gasteiger partial charge in [-0.05, 0) is 44.1 Å². The molecule has 2 rings (SSSR count). The van der Waals surface area contributed by atoms with Crippen LogP contribution in [-0.4, -0.2) is 42.8 Å². The smallest absolute Gasteiger partial charge is 0.0590 e. The summed E-state index contributed by atoms with van der Waals surface area (Å²) in [5.74, 6) is 1.66. The van der Waals surface area contributed by atoms with Gasteiger partial charge in [-0.3, -0.25) is 4.90 Å². The standard InChI is InChI=1S/C15H30N2O/c1-4-14-9-15(11-16,6-8-18-14)17-7-5-12(2)13(3)10-17/h12-14H,4-11,16H2,1-3H3. The fourth-order valence-corrected chi connectivity index (χ4v) is 3.56. The van der Waals surface area contributed by atoms with Crippen LogP contribution in [0.15, 0.2) is 0 Å². The molecular weight excluding hydrogens is 224 g/mol. The third-order valence-corrected chi connectivity index (χ3v) is 5.37. The van der Waals surface area contributed by atoms with Crippen LogP contribution >= 0.6 is 0 Å². The lowest BCUT2D eigenvalue weighted by Crippen LogP contribution is -2.61. The topological polar surface area (TPSA) is 38.5 Å². The highest BCUT2D eigenvalue weighted by Gasteiger charge is 2.42. The van der Waals surface area contributed by atoms with E-state index in [0.29, 0.717) is 6.10 Å². The maximum absolute atomic E-state index is 6.17. The van der Waals surface area contributed by atoms with E-state index in [1.54, 1.807) is 0 Å². The molecule has 0 aromatic carbocycles. The van der Waals surface area contributed by atoms with Crippen molar-refractivity contribution in [1.82, 2.24) is 4.90 Å². The molecule has 2 heterocycles. The maximum Gasteiger partial charge on any atom is 0.0590 e. The minimum Gasteiger partial charge on any atom is -0.378 e. The summed E-state index contributed by atoms with van der Waals surface area (Å²) in [6.07, 6.45) is 5.08. The molecule has 2 aliphatic rings. The Kier molecular flexibility index (Phi) is 4.68. The highest BCUT2D eigenvalue weighted by molar-refractivity contribution is 4.98. The van der Waals surface area contributed by atoms with Crippen molar-refractivity contribution in [3.63, 3.8) is 0 Å². The minimum atomic E-state index is 0.216. The number of likely N-dealkylation sites (tertiary alicyclic amines) is 1. The highest BCUT2D eigenvalue weighted by atomic mass is 16.5. The van der Waals surface area contributed by atoms with Gasteiger partial charge in [-0.2, -0.15) is 0 Å². The molecule has 0 radical (unpaired) electrons. The lowest BCUT2D eigenvalue weighted by molar-refractivity contribution is -0.0856. The molecule has 0 aromatic rings. The number of hydrogen-bond donors (Lipinski definition) is 1. The van der Waals surface area contributed by atoms with E-state index < -0.39 is 0 Å². The van der Waals surface area contributed by atoms with Gasteiger partial charge in [-0.25, -0.2) is 0 Å². The summed E-state index contributed by atoms with van der Waals surface area (Å²) in [5.41, 5.74) is 6.38. The van der Waals surface area contributed by atoms with Crippen LogP contribution in [0.5, 0.6) is 0 Å². The average Bonchev–Trinajstić information content (AvgIpc) is 2.41. The lowest BCUT2D eigenvalue weighted by Gasteiger charge is -2.51. The van der Waals surface area contributed by atoms with Gasteiger partial charge in [0.1, 0.15) is 0 Å². The van der Waals surface area contributed by atoms with Gasteiger partial charge >= 0.3 is 0 Å². The lowest BCUT2D eigenvalue weighted by atomic mass is 9.79. The van der Waals surface area contributed by atoms with E-state index in [1.807, 2.05) is 0 Å². The largest absolute Gasteiger partial charge is 0.378 e. The van der Waals surface area contributed by atoms with Crippen LogP contribution < -0.4 is 5.73 Å². The summed E-state index contributed by atoms with van der Waals surface area (Å²) in [7, 11) is 0. The van der Waals surface area contributed by atoms with E-state index in [-0.39, 0.29) is 5.54 Å². The van der Waals surface area contributed by atoms with Gasteiger partial charge < -0.3 is 10.5 Å². The number of piperidine rings is 1. The van der Waals surface area contributed by atoms with Gasteiger partial charge in [0.25, 0.3) is 0 Å². The summed E-state index contributed by atoms with van der Waals surface area (Å²) in [6.45, 7) is 11.1. The number of nitrogens with two attached hydrogens (primary N) is 1. The predicted octanol–water partition coefficient (Wildman–Crippen LogP) is 2.25. The van der Waals surface area contributed by atoms with Crippen LogP contribution in [0, 0.1) is 11.8 Å². The summed E-state index contributed by atoms with van der Waals surface area (Å²) >= 11 is 0. The Bertz CT molecular complexity index is 271. The van der Waals surface area contributed by atoms with E-state index in [9.17, 15) is 0 Å². The second kappa shape index (κ2) is 5.89. The molecule has 0 aliphatic carbocycles. The molecular formula is C15H30N2O. The molecule has 18 heavy (non-hydrogen) atoms. The van der Waals surface area contributed by atoms with Crippen LogP contribution in [0.25, 0.3) is 0 Å². The Morgan fingerprint density at radius 1 is 1.33 bits per heavy atom. The average molecular weight is 254 g/mol. The van der Waals surface area contributed by atoms with Crippen molar-refractivity contribution >= 4 is 0 Å². The molecule has 0 aromatic heterocycles. The first-order valence-corrected chi connectivity index (χ1v) is 7.68. The van der Waals surface area contributed by atoms with Gasteiger partial charge in [0, 0.05) is 25.2 Å². The Hall–Kier alpha value is -0.120. The molecule has 4 atom stereocenters. The fourth-order valence-electron chi connectivity index (χ4n) is 3.56. The van der Waals surface area contributed by atoms with Gasteiger partial charge in [0.2, 0.25) is 0 Å². The summed E-state index contributed by atoms with van der Waals surface area (Å²) in [4.78, 5) is 2.68. The highest BCUT2D eigenvalue weighted by Crippen LogP contribution is 2.35. The van der Waals surface area contributed by atoms with Gasteiger partial charge in [-0.15, -0.1) is 0 Å². The van der Waals surface area contributed by atoms with Crippen molar-refractivity contribution in [1.29, 1.82) is 0 Å². The van der Waals surface area contributed by atoms with Crippen molar-refractivity contribution < 1.29 is 4.74 Å². The van der Waals surface area contributed by atoms with Crippen LogP contribution in [0.3, 0.4) is 0 Å². The van der Waals surface area contributed by atoms with Crippen molar-refractivity contribution in [3.05, 3.63) is 0 Å². The molecule has 0 bridgehead atoms. The van der Waals surface area contributed by atoms with E-state index in [0.717, 1.165) is 44.2 Å². The molecule has 2 saturated heterocycles. The van der Waals surface area contributed by atoms with Crippen LogP contribution in [0.1, 0.15) is 46.5 Å². The molecule has 2 fully saturated rings. The van der Waals surface area contributed by atoms with Gasteiger partial charge in [0.05, 0.1) is 6.10 Å². The first-order valence-electron chi connectivity index (χ1n) is 7.68. The third kappa shape index (κ3) is 2.73. The van der Waals surface area contributed by atoms with Gasteiger partial charge in [0.15, 0.2) is 0 Å². The maximum atomic E-state index is 6.17. The van der Waals surface area contributed by atoms with E-state index in [2.05, 4.69) is 25.7 Å². The number of hydrogen-bond acceptors (Lipinski definition) is 3. The Labute approximate surface area is 112 Å². The quantitative estimate of drug-likeness (QED) is 0.839. The van der Waals surface area contributed by atoms with Gasteiger partial charge in [-0.1, -0.05) is 20.8 Å². The van der Waals surface area contributed by atoms with Crippen LogP contribution in [-0.2, 0) is 4.74 Å². The Morgan fingerprint density at radius 3 is 2.72 bits per heavy atom. The third-order valence-electron chi connectivity index (χ3n) is 5.37. The number of ether oxygens (including phenoxy) is 1. The van der Waals surface area contributed by atoms with Crippen LogP contribution in [0.4, 0.5) is 0 Å². The van der Waals surface area contributed by atoms with E-state index in [4.69, 9.17) is 10.5 Å². The molecule has 0 amide bonds. The molecule has 106 valence electrons. The second-order valence-corrected chi connectivity index (χ2v) is 6.47. The van der Waals surface area contributed by atoms with Crippen molar-refractivity contribution in [2.75, 3.05) is 26.2 Å². The summed E-state index contributed by atoms with van der Waals surface area (Å²) in [5, 5.41) is 0. The normalized spacial score (nSPS) is 43.0. The monoisotopic (exact) mass is 254 g/mol. The van der Waals surface area contributed by atoms with E-state index in [1.165, 1.54) is 19.5 Å². The summed E-state index contributed by atoms with van der Waals surface area (Å²) in [6, 6.07) is 0. The van der Waals surface area contributed by atoms with Crippen molar-refractivity contribution in [3.8, 4) is 0 Å².